The Kier molecular flexibility index (Phi) is 5.03. The van der Waals surface area contributed by atoms with E-state index in [0.717, 1.165) is 12.4 Å². The smallest absolute Gasteiger partial charge is 0.0908 e. The van der Waals surface area contributed by atoms with Crippen molar-refractivity contribution in [2.45, 2.75) is 12.2 Å². The molecular weight excluding hydrogens is 204 g/mol. The predicted molar refractivity (Wildman–Crippen MR) is 51.4 cm³/mol. The van der Waals surface area contributed by atoms with Crippen LogP contribution in [0.3, 0.4) is 0 Å². The molecule has 1 fully saturated rings. The Morgan fingerprint density at radius 2 is 2.36 bits per heavy atom. The number of alkyl halides is 1. The minimum Gasteiger partial charge on any atom is -0.391 e. The summed E-state index contributed by atoms with van der Waals surface area (Å²) in [6.07, 6.45) is 0.106. The molecule has 0 amide bonds. The van der Waals surface area contributed by atoms with Crippen LogP contribution in [0.25, 0.3) is 0 Å². The van der Waals surface area contributed by atoms with E-state index in [1.807, 2.05) is 0 Å². The summed E-state index contributed by atoms with van der Waals surface area (Å²) in [6.45, 7) is 0.908. The number of halogens is 1. The molecule has 2 unspecified atom stereocenters. The molecule has 2 atom stereocenters. The maximum Gasteiger partial charge on any atom is 0.0908 e. The van der Waals surface area contributed by atoms with E-state index >= 15 is 0 Å². The Morgan fingerprint density at radius 3 is 2.91 bits per heavy atom. The number of rotatable bonds is 6. The molecule has 0 radical (unpaired) electrons. The van der Waals surface area contributed by atoms with Gasteiger partial charge in [-0.1, -0.05) is 21.6 Å². The Morgan fingerprint density at radius 1 is 1.64 bits per heavy atom. The maximum absolute atomic E-state index is 9.04. The minimum atomic E-state index is -0.366. The summed E-state index contributed by atoms with van der Waals surface area (Å²) in [5.74, 6) is 2.06. The molecule has 2 nitrogen and oxygen atoms in total. The van der Waals surface area contributed by atoms with E-state index in [4.69, 9.17) is 21.4 Å². The average molecular weight is 215 g/mol. The summed E-state index contributed by atoms with van der Waals surface area (Å²) in [7, 11) is 3.40. The van der Waals surface area contributed by atoms with Crippen molar-refractivity contribution in [3.05, 3.63) is 0 Å². The molecule has 1 rings (SSSR count). The van der Waals surface area contributed by atoms with E-state index in [0.29, 0.717) is 17.7 Å². The molecule has 0 saturated carbocycles. The van der Waals surface area contributed by atoms with Crippen molar-refractivity contribution in [3.63, 3.8) is 0 Å². The summed E-state index contributed by atoms with van der Waals surface area (Å²) in [5.41, 5.74) is 0. The van der Waals surface area contributed by atoms with E-state index in [9.17, 15) is 0 Å². The zero-order valence-corrected chi connectivity index (χ0v) is 8.42. The minimum absolute atomic E-state index is 0.327. The van der Waals surface area contributed by atoms with Crippen LogP contribution in [-0.2, 0) is 4.74 Å². The van der Waals surface area contributed by atoms with Gasteiger partial charge in [0, 0.05) is 17.4 Å². The van der Waals surface area contributed by atoms with Gasteiger partial charge in [0.15, 0.2) is 0 Å². The highest BCUT2D eigenvalue weighted by Crippen LogP contribution is 2.27. The Labute approximate surface area is 79.4 Å². The molecule has 1 aliphatic rings. The lowest BCUT2D eigenvalue weighted by Crippen LogP contribution is -2.10. The molecule has 0 spiro atoms. The van der Waals surface area contributed by atoms with Gasteiger partial charge in [0.2, 0.25) is 0 Å². The highest BCUT2D eigenvalue weighted by molar-refractivity contribution is 8.76. The van der Waals surface area contributed by atoms with Gasteiger partial charge in [-0.15, -0.1) is 11.6 Å². The van der Waals surface area contributed by atoms with Crippen LogP contribution in [0.15, 0.2) is 0 Å². The first-order valence-electron chi connectivity index (χ1n) is 3.43. The van der Waals surface area contributed by atoms with E-state index in [1.165, 1.54) is 0 Å². The number of aliphatic hydroxyl groups excluding tert-OH is 1. The van der Waals surface area contributed by atoms with Gasteiger partial charge in [-0.3, -0.25) is 0 Å². The second-order valence-corrected chi connectivity index (χ2v) is 5.19. The van der Waals surface area contributed by atoms with Crippen molar-refractivity contribution in [2.24, 2.45) is 0 Å². The van der Waals surface area contributed by atoms with Gasteiger partial charge in [0.1, 0.15) is 0 Å². The second-order valence-electron chi connectivity index (χ2n) is 2.33. The highest BCUT2D eigenvalue weighted by Gasteiger charge is 2.21. The van der Waals surface area contributed by atoms with Gasteiger partial charge in [0.05, 0.1) is 18.8 Å². The van der Waals surface area contributed by atoms with Crippen LogP contribution < -0.4 is 0 Å². The molecule has 0 aromatic heterocycles. The Bertz CT molecular complexity index is 111. The van der Waals surface area contributed by atoms with Crippen LogP contribution in [0, 0.1) is 0 Å². The van der Waals surface area contributed by atoms with Crippen LogP contribution in [0.5, 0.6) is 0 Å². The molecule has 1 aliphatic heterocycles. The lowest BCUT2D eigenvalue weighted by atomic mass is 10.5. The van der Waals surface area contributed by atoms with Crippen molar-refractivity contribution in [1.82, 2.24) is 0 Å². The van der Waals surface area contributed by atoms with E-state index in [1.54, 1.807) is 21.6 Å². The third-order valence-electron chi connectivity index (χ3n) is 1.18. The van der Waals surface area contributed by atoms with Crippen molar-refractivity contribution in [2.75, 3.05) is 24.0 Å². The van der Waals surface area contributed by atoms with Gasteiger partial charge in [-0.2, -0.15) is 0 Å². The highest BCUT2D eigenvalue weighted by atomic mass is 35.5. The van der Waals surface area contributed by atoms with Crippen LogP contribution in [0.4, 0.5) is 0 Å². The summed E-state index contributed by atoms with van der Waals surface area (Å²) in [6, 6.07) is 0. The van der Waals surface area contributed by atoms with Crippen molar-refractivity contribution in [3.8, 4) is 0 Å². The quantitative estimate of drug-likeness (QED) is 0.313. The first kappa shape index (κ1) is 9.99. The fourth-order valence-electron chi connectivity index (χ4n) is 0.459. The summed E-state index contributed by atoms with van der Waals surface area (Å²) in [4.78, 5) is 0. The second kappa shape index (κ2) is 5.54. The topological polar surface area (TPSA) is 32.8 Å². The number of hydrogen-bond donors (Lipinski definition) is 1. The third-order valence-corrected chi connectivity index (χ3v) is 4.05. The number of hydrogen-bond acceptors (Lipinski definition) is 4. The zero-order chi connectivity index (χ0) is 8.10. The van der Waals surface area contributed by atoms with Gasteiger partial charge in [0.25, 0.3) is 0 Å². The summed E-state index contributed by atoms with van der Waals surface area (Å²) >= 11 is 5.41. The lowest BCUT2D eigenvalue weighted by molar-refractivity contribution is 0.224. The maximum atomic E-state index is 9.04. The van der Waals surface area contributed by atoms with Gasteiger partial charge < -0.3 is 9.84 Å². The van der Waals surface area contributed by atoms with Gasteiger partial charge in [-0.05, 0) is 0 Å². The van der Waals surface area contributed by atoms with E-state index < -0.39 is 0 Å². The molecule has 5 heteroatoms. The molecule has 1 N–H and O–H groups in total. The lowest BCUT2D eigenvalue weighted by Gasteiger charge is -2.03. The fraction of sp³-hybridized carbons (Fsp3) is 1.00. The molecule has 1 heterocycles. The Hall–Kier alpha value is 0.910. The first-order valence-corrected chi connectivity index (χ1v) is 6.45. The monoisotopic (exact) mass is 214 g/mol. The largest absolute Gasteiger partial charge is 0.391 e. The van der Waals surface area contributed by atoms with Gasteiger partial charge >= 0.3 is 0 Å². The molecule has 0 bridgehead atoms. The van der Waals surface area contributed by atoms with Crippen LogP contribution >= 0.6 is 33.2 Å². The summed E-state index contributed by atoms with van der Waals surface area (Å²) in [5, 5.41) is 9.04. The standard InChI is InChI=1S/C6H11ClO2S2/c7-1-5(8)3-10-11-4-6-2-9-6/h5-6,8H,1-4H2. The summed E-state index contributed by atoms with van der Waals surface area (Å²) < 4.78 is 5.02. The van der Waals surface area contributed by atoms with E-state index in [2.05, 4.69) is 0 Å². The molecule has 0 aromatic carbocycles. The van der Waals surface area contributed by atoms with Crippen LogP contribution in [0.1, 0.15) is 0 Å². The molecule has 66 valence electrons. The molecular formula is C6H11ClO2S2. The molecule has 0 aromatic rings. The van der Waals surface area contributed by atoms with Crippen molar-refractivity contribution in [1.29, 1.82) is 0 Å². The predicted octanol–water partition coefficient (Wildman–Crippen LogP) is 1.37. The normalized spacial score (nSPS) is 25.1. The Balaban J connectivity index is 1.79. The van der Waals surface area contributed by atoms with Crippen LogP contribution in [0.2, 0.25) is 0 Å². The third kappa shape index (κ3) is 5.20. The zero-order valence-electron chi connectivity index (χ0n) is 6.03. The number of epoxide rings is 1. The van der Waals surface area contributed by atoms with Crippen molar-refractivity contribution >= 4 is 33.2 Å². The van der Waals surface area contributed by atoms with Crippen LogP contribution in [-0.4, -0.2) is 41.3 Å². The van der Waals surface area contributed by atoms with E-state index in [-0.39, 0.29) is 6.10 Å². The molecule has 0 aliphatic carbocycles. The first-order chi connectivity index (χ1) is 5.33. The van der Waals surface area contributed by atoms with Gasteiger partial charge in [-0.25, -0.2) is 0 Å². The van der Waals surface area contributed by atoms with Crippen molar-refractivity contribution < 1.29 is 9.84 Å². The average Bonchev–Trinajstić information content (AvgIpc) is 2.81. The number of aliphatic hydroxyl groups is 1. The number of ether oxygens (including phenoxy) is 1. The fourth-order valence-corrected chi connectivity index (χ4v) is 3.01. The molecule has 11 heavy (non-hydrogen) atoms. The SMILES string of the molecule is OC(CCl)CSSCC1CO1. The molecule has 1 saturated heterocycles.